The molecule has 176 valence electrons. The Balaban J connectivity index is 1.37. The van der Waals surface area contributed by atoms with Crippen LogP contribution in [0.4, 0.5) is 4.39 Å². The first-order valence-electron chi connectivity index (χ1n) is 11.5. The highest BCUT2D eigenvalue weighted by molar-refractivity contribution is 5.71. The van der Waals surface area contributed by atoms with E-state index in [-0.39, 0.29) is 17.6 Å². The van der Waals surface area contributed by atoms with E-state index in [9.17, 15) is 14.3 Å². The van der Waals surface area contributed by atoms with Gasteiger partial charge in [-0.2, -0.15) is 0 Å². The number of aryl methyl sites for hydroxylation is 1. The summed E-state index contributed by atoms with van der Waals surface area (Å²) in [5, 5.41) is 9.59. The zero-order valence-corrected chi connectivity index (χ0v) is 19.1. The molecule has 1 saturated carbocycles. The number of aromatic nitrogens is 3. The minimum atomic E-state index is -0.771. The highest BCUT2D eigenvalue weighted by atomic mass is 19.1. The second-order valence-electron chi connectivity index (χ2n) is 9.04. The standard InChI is InChI=1S/C26H26FN3O4/c1-14(26(31)32)25(16-4-5-16)17-6-3-15-7-8-22(34-23(15)9-17)21-13-28-20(12-29-21)18-10-24(33-2)30-11-19(18)27/h3,6,9-14,16,22,25H,4-5,7-8H2,1-2H3,(H,31,32)/t14?,22-,25?/m1/s1. The number of benzene rings is 1. The number of methoxy groups -OCH3 is 1. The van der Waals surface area contributed by atoms with Crippen LogP contribution in [0.5, 0.6) is 11.6 Å². The maximum Gasteiger partial charge on any atom is 0.306 e. The Morgan fingerprint density at radius 2 is 1.97 bits per heavy atom. The molecular formula is C26H26FN3O4. The molecule has 1 N–H and O–H groups in total. The van der Waals surface area contributed by atoms with Crippen molar-refractivity contribution >= 4 is 5.97 Å². The number of aliphatic carboxylic acids is 1. The van der Waals surface area contributed by atoms with Crippen molar-refractivity contribution in [1.29, 1.82) is 0 Å². The van der Waals surface area contributed by atoms with Crippen LogP contribution in [0, 0.1) is 17.7 Å². The van der Waals surface area contributed by atoms with E-state index >= 15 is 0 Å². The van der Waals surface area contributed by atoms with Gasteiger partial charge in [-0.3, -0.25) is 14.8 Å². The number of halogens is 1. The maximum absolute atomic E-state index is 14.2. The Morgan fingerprint density at radius 3 is 2.65 bits per heavy atom. The first-order valence-corrected chi connectivity index (χ1v) is 11.5. The number of hydrogen-bond acceptors (Lipinski definition) is 6. The molecule has 3 atom stereocenters. The third-order valence-electron chi connectivity index (χ3n) is 6.80. The van der Waals surface area contributed by atoms with Crippen molar-refractivity contribution in [2.24, 2.45) is 11.8 Å². The van der Waals surface area contributed by atoms with E-state index < -0.39 is 17.7 Å². The quantitative estimate of drug-likeness (QED) is 0.529. The van der Waals surface area contributed by atoms with E-state index in [0.29, 0.717) is 23.2 Å². The Morgan fingerprint density at radius 1 is 1.15 bits per heavy atom. The highest BCUT2D eigenvalue weighted by Gasteiger charge is 2.39. The number of carboxylic acid groups (broad SMARTS) is 1. The number of hydrogen-bond donors (Lipinski definition) is 1. The summed E-state index contributed by atoms with van der Waals surface area (Å²) in [7, 11) is 1.47. The number of fused-ring (bicyclic) bond motifs is 1. The van der Waals surface area contributed by atoms with Crippen molar-refractivity contribution in [2.45, 2.75) is 44.6 Å². The number of pyridine rings is 1. The minimum Gasteiger partial charge on any atom is -0.484 e. The molecule has 2 aliphatic rings. The summed E-state index contributed by atoms with van der Waals surface area (Å²) in [6, 6.07) is 7.60. The lowest BCUT2D eigenvalue weighted by Gasteiger charge is -2.28. The molecule has 0 spiro atoms. The Bertz CT molecular complexity index is 1210. The largest absolute Gasteiger partial charge is 0.484 e. The lowest BCUT2D eigenvalue weighted by atomic mass is 9.82. The predicted molar refractivity (Wildman–Crippen MR) is 122 cm³/mol. The summed E-state index contributed by atoms with van der Waals surface area (Å²) in [5.74, 6) is -0.256. The summed E-state index contributed by atoms with van der Waals surface area (Å²) in [4.78, 5) is 24.4. The zero-order valence-electron chi connectivity index (χ0n) is 19.1. The van der Waals surface area contributed by atoms with Gasteiger partial charge in [-0.15, -0.1) is 0 Å². The fraction of sp³-hybridized carbons (Fsp3) is 0.385. The van der Waals surface area contributed by atoms with Gasteiger partial charge in [0.15, 0.2) is 5.82 Å². The fourth-order valence-electron chi connectivity index (χ4n) is 4.75. The summed E-state index contributed by atoms with van der Waals surface area (Å²) < 4.78 is 25.6. The Hall–Kier alpha value is -3.55. The average molecular weight is 464 g/mol. The van der Waals surface area contributed by atoms with E-state index in [1.54, 1.807) is 13.1 Å². The van der Waals surface area contributed by atoms with Crippen molar-refractivity contribution in [1.82, 2.24) is 15.0 Å². The summed E-state index contributed by atoms with van der Waals surface area (Å²) in [5.41, 5.74) is 3.44. The van der Waals surface area contributed by atoms with Gasteiger partial charge < -0.3 is 14.6 Å². The second-order valence-corrected chi connectivity index (χ2v) is 9.04. The van der Waals surface area contributed by atoms with Crippen LogP contribution in [-0.4, -0.2) is 33.1 Å². The van der Waals surface area contributed by atoms with Crippen molar-refractivity contribution in [3.63, 3.8) is 0 Å². The zero-order chi connectivity index (χ0) is 23.8. The molecule has 1 aliphatic carbocycles. The molecule has 3 heterocycles. The van der Waals surface area contributed by atoms with Gasteiger partial charge >= 0.3 is 5.97 Å². The molecule has 7 nitrogen and oxygen atoms in total. The second kappa shape index (κ2) is 9.00. The molecule has 1 fully saturated rings. The molecule has 0 amide bonds. The number of rotatable bonds is 7. The van der Waals surface area contributed by atoms with E-state index in [0.717, 1.165) is 48.8 Å². The smallest absolute Gasteiger partial charge is 0.306 e. The van der Waals surface area contributed by atoms with E-state index in [4.69, 9.17) is 9.47 Å². The lowest BCUT2D eigenvalue weighted by molar-refractivity contribution is -0.142. The van der Waals surface area contributed by atoms with Gasteiger partial charge in [0.1, 0.15) is 11.9 Å². The first kappa shape index (κ1) is 22.3. The minimum absolute atomic E-state index is 0.0156. The summed E-state index contributed by atoms with van der Waals surface area (Å²) >= 11 is 0. The van der Waals surface area contributed by atoms with Gasteiger partial charge in [0, 0.05) is 11.6 Å². The van der Waals surface area contributed by atoms with Crippen molar-refractivity contribution in [3.8, 4) is 22.9 Å². The van der Waals surface area contributed by atoms with Gasteiger partial charge in [0.05, 0.1) is 43.0 Å². The Kier molecular flexibility index (Phi) is 5.89. The Labute approximate surface area is 197 Å². The van der Waals surface area contributed by atoms with E-state index in [1.165, 1.54) is 19.4 Å². The third kappa shape index (κ3) is 4.32. The summed E-state index contributed by atoms with van der Waals surface area (Å²) in [6.45, 7) is 1.78. The van der Waals surface area contributed by atoms with Gasteiger partial charge in [0.25, 0.3) is 0 Å². The number of carbonyl (C=O) groups is 1. The maximum atomic E-state index is 14.2. The van der Waals surface area contributed by atoms with Crippen LogP contribution in [0.15, 0.2) is 42.9 Å². The van der Waals surface area contributed by atoms with Gasteiger partial charge in [0.2, 0.25) is 5.88 Å². The normalized spacial score (nSPS) is 19.0. The summed E-state index contributed by atoms with van der Waals surface area (Å²) in [6.07, 6.45) is 7.66. The first-order chi connectivity index (χ1) is 16.4. The molecule has 0 saturated heterocycles. The molecule has 0 radical (unpaired) electrons. The number of ether oxygens (including phenoxy) is 2. The topological polar surface area (TPSA) is 94.4 Å². The molecule has 1 aromatic carbocycles. The fourth-order valence-corrected chi connectivity index (χ4v) is 4.75. The SMILES string of the molecule is COc1cc(-c2cnc([C@H]3CCc4ccc(C(C5CC5)C(C)C(=O)O)cc4O3)cn2)c(F)cn1. The van der Waals surface area contributed by atoms with E-state index in [2.05, 4.69) is 27.1 Å². The monoisotopic (exact) mass is 463 g/mol. The van der Waals surface area contributed by atoms with Crippen molar-refractivity contribution in [3.05, 3.63) is 65.5 Å². The van der Waals surface area contributed by atoms with Crippen LogP contribution < -0.4 is 9.47 Å². The van der Waals surface area contributed by atoms with Crippen molar-refractivity contribution < 1.29 is 23.8 Å². The number of nitrogens with zero attached hydrogens (tertiary/aromatic N) is 3. The molecule has 1 aliphatic heterocycles. The average Bonchev–Trinajstić information content (AvgIpc) is 3.69. The number of carboxylic acids is 1. The molecular weight excluding hydrogens is 437 g/mol. The van der Waals surface area contributed by atoms with Crippen LogP contribution in [0.1, 0.15) is 55.0 Å². The highest BCUT2D eigenvalue weighted by Crippen LogP contribution is 2.48. The van der Waals surface area contributed by atoms with Gasteiger partial charge in [-0.25, -0.2) is 9.37 Å². The van der Waals surface area contributed by atoms with E-state index in [1.807, 2.05) is 6.07 Å². The lowest BCUT2D eigenvalue weighted by Crippen LogP contribution is -2.21. The molecule has 2 aromatic heterocycles. The van der Waals surface area contributed by atoms with Crippen LogP contribution in [0.25, 0.3) is 11.3 Å². The molecule has 0 bridgehead atoms. The predicted octanol–water partition coefficient (Wildman–Crippen LogP) is 4.97. The van der Waals surface area contributed by atoms with Crippen LogP contribution in [-0.2, 0) is 11.2 Å². The molecule has 3 aromatic rings. The molecule has 2 unspecified atom stereocenters. The third-order valence-corrected chi connectivity index (χ3v) is 6.80. The molecule has 34 heavy (non-hydrogen) atoms. The van der Waals surface area contributed by atoms with Crippen LogP contribution in [0.2, 0.25) is 0 Å². The van der Waals surface area contributed by atoms with Crippen LogP contribution >= 0.6 is 0 Å². The van der Waals surface area contributed by atoms with Gasteiger partial charge in [-0.1, -0.05) is 19.1 Å². The van der Waals surface area contributed by atoms with Crippen molar-refractivity contribution in [2.75, 3.05) is 7.11 Å². The van der Waals surface area contributed by atoms with Gasteiger partial charge in [-0.05, 0) is 54.7 Å². The molecule has 5 rings (SSSR count). The van der Waals surface area contributed by atoms with Crippen LogP contribution in [0.3, 0.4) is 0 Å². The molecule has 8 heteroatoms.